The Kier molecular flexibility index (Phi) is 5.04. The molecule has 3 aromatic rings. The molecule has 0 amide bonds. The van der Waals surface area contributed by atoms with Crippen LogP contribution in [0, 0.1) is 0 Å². The van der Waals surface area contributed by atoms with E-state index >= 15 is 0 Å². The van der Waals surface area contributed by atoms with Gasteiger partial charge in [0.1, 0.15) is 17.3 Å². The van der Waals surface area contributed by atoms with Crippen molar-refractivity contribution in [2.45, 2.75) is 19.4 Å². The van der Waals surface area contributed by atoms with E-state index in [1.54, 1.807) is 24.9 Å². The molecule has 1 unspecified atom stereocenters. The zero-order valence-electron chi connectivity index (χ0n) is 14.6. The summed E-state index contributed by atoms with van der Waals surface area (Å²) in [6.07, 6.45) is 2.57. The monoisotopic (exact) mass is 342 g/mol. The van der Waals surface area contributed by atoms with E-state index in [0.29, 0.717) is 11.6 Å². The minimum Gasteiger partial charge on any atom is -0.497 e. The number of ether oxygens (including phenoxy) is 2. The second kappa shape index (κ2) is 7.40. The summed E-state index contributed by atoms with van der Waals surface area (Å²) >= 11 is 0. The maximum Gasteiger partial charge on any atom is 0.154 e. The smallest absolute Gasteiger partial charge is 0.154 e. The average molecular weight is 342 g/mol. The summed E-state index contributed by atoms with van der Waals surface area (Å²) in [5.74, 6) is 2.08. The van der Waals surface area contributed by atoms with Gasteiger partial charge in [0.2, 0.25) is 0 Å². The highest BCUT2D eigenvalue weighted by Crippen LogP contribution is 2.33. The molecule has 25 heavy (non-hydrogen) atoms. The topological polar surface area (TPSA) is 80.9 Å². The van der Waals surface area contributed by atoms with E-state index in [9.17, 15) is 5.11 Å². The van der Waals surface area contributed by atoms with E-state index in [1.807, 2.05) is 37.3 Å². The number of imidazole rings is 1. The molecule has 0 saturated heterocycles. The zero-order valence-corrected chi connectivity index (χ0v) is 14.6. The summed E-state index contributed by atoms with van der Waals surface area (Å²) in [6.45, 7) is 2.07. The highest BCUT2D eigenvalue weighted by molar-refractivity contribution is 5.71. The molecule has 2 aromatic heterocycles. The molecule has 0 saturated carbocycles. The van der Waals surface area contributed by atoms with Crippen molar-refractivity contribution in [3.8, 4) is 22.8 Å². The van der Waals surface area contributed by atoms with Crippen LogP contribution in [0.5, 0.6) is 11.5 Å². The molecule has 0 aliphatic rings. The average Bonchev–Trinajstić information content (AvgIpc) is 3.08. The molecule has 2 N–H and O–H groups in total. The van der Waals surface area contributed by atoms with E-state index in [-0.39, 0.29) is 12.6 Å². The molecule has 0 spiro atoms. The van der Waals surface area contributed by atoms with Crippen LogP contribution < -0.4 is 14.8 Å². The highest BCUT2D eigenvalue weighted by atomic mass is 16.5. The summed E-state index contributed by atoms with van der Waals surface area (Å²) in [4.78, 5) is 4.41. The number of benzene rings is 1. The second-order valence-electron chi connectivity index (χ2n) is 5.63. The van der Waals surface area contributed by atoms with E-state index in [0.717, 1.165) is 29.1 Å². The number of nitrogens with one attached hydrogen (secondary N) is 1. The minimum absolute atomic E-state index is 0.0348. The Hall–Kier alpha value is -2.80. The van der Waals surface area contributed by atoms with Crippen molar-refractivity contribution in [1.82, 2.24) is 14.6 Å². The van der Waals surface area contributed by atoms with Gasteiger partial charge in [-0.2, -0.15) is 0 Å². The molecule has 2 heterocycles. The van der Waals surface area contributed by atoms with Crippen LogP contribution in [-0.4, -0.2) is 46.6 Å². The van der Waals surface area contributed by atoms with Crippen molar-refractivity contribution in [1.29, 1.82) is 0 Å². The Morgan fingerprint density at radius 2 is 2.04 bits per heavy atom. The molecule has 1 atom stereocenters. The third kappa shape index (κ3) is 3.36. The van der Waals surface area contributed by atoms with E-state index in [1.165, 1.54) is 0 Å². The number of aromatic nitrogens is 3. The van der Waals surface area contributed by atoms with Gasteiger partial charge in [0.15, 0.2) is 5.65 Å². The molecule has 7 heteroatoms. The van der Waals surface area contributed by atoms with Crippen molar-refractivity contribution in [3.63, 3.8) is 0 Å². The fraction of sp³-hybridized carbons (Fsp3) is 0.333. The zero-order chi connectivity index (χ0) is 17.8. The number of aliphatic hydroxyl groups is 1. The van der Waals surface area contributed by atoms with Crippen LogP contribution in [0.25, 0.3) is 16.9 Å². The Morgan fingerprint density at radius 1 is 1.20 bits per heavy atom. The van der Waals surface area contributed by atoms with Gasteiger partial charge in [0.05, 0.1) is 38.8 Å². The quantitative estimate of drug-likeness (QED) is 0.687. The molecular weight excluding hydrogens is 320 g/mol. The highest BCUT2D eigenvalue weighted by Gasteiger charge is 2.14. The van der Waals surface area contributed by atoms with E-state index in [4.69, 9.17) is 9.47 Å². The molecule has 0 bridgehead atoms. The maximum absolute atomic E-state index is 9.37. The first-order valence-corrected chi connectivity index (χ1v) is 8.14. The van der Waals surface area contributed by atoms with Crippen LogP contribution >= 0.6 is 0 Å². The summed E-state index contributed by atoms with van der Waals surface area (Å²) in [7, 11) is 3.24. The van der Waals surface area contributed by atoms with Crippen molar-refractivity contribution < 1.29 is 14.6 Å². The summed E-state index contributed by atoms with van der Waals surface area (Å²) in [5, 5.41) is 17.2. The first-order valence-electron chi connectivity index (χ1n) is 8.14. The van der Waals surface area contributed by atoms with Crippen LogP contribution in [0.3, 0.4) is 0 Å². The lowest BCUT2D eigenvalue weighted by Gasteiger charge is -2.15. The number of anilines is 1. The van der Waals surface area contributed by atoms with Crippen LogP contribution in [0.4, 0.5) is 5.82 Å². The van der Waals surface area contributed by atoms with Gasteiger partial charge in [0.25, 0.3) is 0 Å². The molecule has 0 fully saturated rings. The SMILES string of the molecule is CCC(CO)Nc1ccc2ncc(-c3ccc(OC)cc3OC)n2n1. The Bertz CT molecular complexity index is 859. The van der Waals surface area contributed by atoms with E-state index < -0.39 is 0 Å². The summed E-state index contributed by atoms with van der Waals surface area (Å²) in [6, 6.07) is 9.33. The Labute approximate surface area is 146 Å². The fourth-order valence-corrected chi connectivity index (χ4v) is 2.63. The van der Waals surface area contributed by atoms with Gasteiger partial charge in [-0.05, 0) is 30.7 Å². The molecule has 0 aliphatic heterocycles. The van der Waals surface area contributed by atoms with Gasteiger partial charge in [-0.25, -0.2) is 9.50 Å². The number of hydrogen-bond acceptors (Lipinski definition) is 6. The van der Waals surface area contributed by atoms with Gasteiger partial charge in [-0.15, -0.1) is 5.10 Å². The number of aliphatic hydroxyl groups excluding tert-OH is 1. The van der Waals surface area contributed by atoms with Gasteiger partial charge in [-0.1, -0.05) is 6.92 Å². The third-order valence-corrected chi connectivity index (χ3v) is 4.11. The van der Waals surface area contributed by atoms with Gasteiger partial charge in [-0.3, -0.25) is 0 Å². The lowest BCUT2D eigenvalue weighted by atomic mass is 10.1. The van der Waals surface area contributed by atoms with Gasteiger partial charge >= 0.3 is 0 Å². The minimum atomic E-state index is -0.0348. The van der Waals surface area contributed by atoms with Gasteiger partial charge < -0.3 is 19.9 Å². The first kappa shape index (κ1) is 17.0. The van der Waals surface area contributed by atoms with Crippen LogP contribution in [0.1, 0.15) is 13.3 Å². The molecule has 3 rings (SSSR count). The Balaban J connectivity index is 2.05. The largest absolute Gasteiger partial charge is 0.497 e. The molecule has 132 valence electrons. The molecule has 1 aromatic carbocycles. The summed E-state index contributed by atoms with van der Waals surface area (Å²) in [5.41, 5.74) is 2.42. The number of methoxy groups -OCH3 is 2. The third-order valence-electron chi connectivity index (χ3n) is 4.11. The molecule has 7 nitrogen and oxygen atoms in total. The van der Waals surface area contributed by atoms with E-state index in [2.05, 4.69) is 15.4 Å². The predicted molar refractivity (Wildman–Crippen MR) is 96.3 cm³/mol. The van der Waals surface area contributed by atoms with Crippen molar-refractivity contribution in [3.05, 3.63) is 36.5 Å². The van der Waals surface area contributed by atoms with Crippen molar-refractivity contribution in [2.75, 3.05) is 26.1 Å². The van der Waals surface area contributed by atoms with Crippen LogP contribution in [0.15, 0.2) is 36.5 Å². The van der Waals surface area contributed by atoms with Crippen LogP contribution in [0.2, 0.25) is 0 Å². The molecule has 0 radical (unpaired) electrons. The number of fused-ring (bicyclic) bond motifs is 1. The number of rotatable bonds is 7. The lowest BCUT2D eigenvalue weighted by Crippen LogP contribution is -2.23. The fourth-order valence-electron chi connectivity index (χ4n) is 2.63. The van der Waals surface area contributed by atoms with Crippen molar-refractivity contribution >= 4 is 11.5 Å². The van der Waals surface area contributed by atoms with Crippen LogP contribution in [-0.2, 0) is 0 Å². The maximum atomic E-state index is 9.37. The predicted octanol–water partition coefficient (Wildman–Crippen LogP) is 2.60. The Morgan fingerprint density at radius 3 is 2.72 bits per heavy atom. The van der Waals surface area contributed by atoms with Gasteiger partial charge in [0, 0.05) is 11.6 Å². The second-order valence-corrected chi connectivity index (χ2v) is 5.63. The standard InChI is InChI=1S/C18H22N4O3/c1-4-12(11-23)20-17-7-8-18-19-10-15(22(18)21-17)14-6-5-13(24-2)9-16(14)25-3/h5-10,12,23H,4,11H2,1-3H3,(H,20,21). The number of hydrogen-bond donors (Lipinski definition) is 2. The lowest BCUT2D eigenvalue weighted by molar-refractivity contribution is 0.271. The van der Waals surface area contributed by atoms with Crippen molar-refractivity contribution in [2.24, 2.45) is 0 Å². The summed E-state index contributed by atoms with van der Waals surface area (Å²) < 4.78 is 12.5. The normalized spacial score (nSPS) is 12.2. The molecule has 0 aliphatic carbocycles. The first-order chi connectivity index (χ1) is 12.2. The number of nitrogens with zero attached hydrogens (tertiary/aromatic N) is 3. The molecular formula is C18H22N4O3.